The lowest BCUT2D eigenvalue weighted by Crippen LogP contribution is -2.35. The molecule has 2 aromatic carbocycles. The summed E-state index contributed by atoms with van der Waals surface area (Å²) in [6, 6.07) is 22.4. The van der Waals surface area contributed by atoms with Crippen molar-refractivity contribution in [1.29, 1.82) is 0 Å². The fourth-order valence-corrected chi connectivity index (χ4v) is 4.30. The second-order valence-electron chi connectivity index (χ2n) is 8.29. The highest BCUT2D eigenvalue weighted by atomic mass is 16.2. The van der Waals surface area contributed by atoms with Gasteiger partial charge in [-0.15, -0.1) is 10.2 Å². The molecule has 3 aromatic rings. The van der Waals surface area contributed by atoms with Crippen molar-refractivity contribution in [3.05, 3.63) is 83.6 Å². The number of anilines is 2. The Labute approximate surface area is 184 Å². The molecule has 0 bridgehead atoms. The summed E-state index contributed by atoms with van der Waals surface area (Å²) in [5.41, 5.74) is 3.81. The predicted molar refractivity (Wildman–Crippen MR) is 126 cm³/mol. The number of aryl methyl sites for hydroxylation is 1. The Morgan fingerprint density at radius 1 is 1.00 bits per heavy atom. The van der Waals surface area contributed by atoms with Gasteiger partial charge in [-0.1, -0.05) is 42.5 Å². The molecular formula is C26H30N4O. The van der Waals surface area contributed by atoms with Crippen LogP contribution >= 0.6 is 0 Å². The van der Waals surface area contributed by atoms with Gasteiger partial charge in [0.15, 0.2) is 11.5 Å². The van der Waals surface area contributed by atoms with E-state index >= 15 is 0 Å². The molecule has 0 radical (unpaired) electrons. The molecule has 5 nitrogen and oxygen atoms in total. The number of rotatable bonds is 6. The maximum absolute atomic E-state index is 13.0. The third-order valence-corrected chi connectivity index (χ3v) is 6.05. The molecule has 0 saturated carbocycles. The van der Waals surface area contributed by atoms with E-state index in [0.717, 1.165) is 49.4 Å². The third kappa shape index (κ3) is 5.10. The van der Waals surface area contributed by atoms with Gasteiger partial charge < -0.3 is 9.80 Å². The van der Waals surface area contributed by atoms with Crippen LogP contribution < -0.4 is 9.80 Å². The van der Waals surface area contributed by atoms with Gasteiger partial charge in [0.1, 0.15) is 0 Å². The molecule has 0 unspecified atom stereocenters. The van der Waals surface area contributed by atoms with E-state index in [9.17, 15) is 4.79 Å². The first-order valence-corrected chi connectivity index (χ1v) is 11.1. The van der Waals surface area contributed by atoms with Crippen LogP contribution in [0.2, 0.25) is 0 Å². The molecule has 1 fully saturated rings. The number of hydrogen-bond acceptors (Lipinski definition) is 4. The Morgan fingerprint density at radius 2 is 1.77 bits per heavy atom. The first kappa shape index (κ1) is 21.0. The summed E-state index contributed by atoms with van der Waals surface area (Å²) in [4.78, 5) is 17.0. The van der Waals surface area contributed by atoms with Gasteiger partial charge in [0.25, 0.3) is 5.91 Å². The van der Waals surface area contributed by atoms with Gasteiger partial charge >= 0.3 is 0 Å². The number of carbonyl (C=O) groups excluding carboxylic acids is 1. The van der Waals surface area contributed by atoms with Gasteiger partial charge in [0.2, 0.25) is 0 Å². The zero-order valence-electron chi connectivity index (χ0n) is 18.4. The molecule has 2 heterocycles. The van der Waals surface area contributed by atoms with Gasteiger partial charge in [-0.2, -0.15) is 0 Å². The molecule has 5 heteroatoms. The molecule has 1 amide bonds. The lowest BCUT2D eigenvalue weighted by Gasteiger charge is -2.32. The van der Waals surface area contributed by atoms with Gasteiger partial charge in [0.05, 0.1) is 0 Å². The summed E-state index contributed by atoms with van der Waals surface area (Å²) >= 11 is 0. The normalized spacial score (nSPS) is 14.5. The maximum atomic E-state index is 13.0. The molecule has 0 atom stereocenters. The second kappa shape index (κ2) is 9.73. The van der Waals surface area contributed by atoms with Crippen LogP contribution in [0.4, 0.5) is 11.5 Å². The number of aromatic nitrogens is 2. The highest BCUT2D eigenvalue weighted by Crippen LogP contribution is 2.25. The van der Waals surface area contributed by atoms with E-state index in [0.29, 0.717) is 18.2 Å². The Balaban J connectivity index is 1.37. The summed E-state index contributed by atoms with van der Waals surface area (Å²) in [6.45, 7) is 6.54. The number of piperidine rings is 1. The quantitative estimate of drug-likeness (QED) is 0.575. The van der Waals surface area contributed by atoms with E-state index < -0.39 is 0 Å². The van der Waals surface area contributed by atoms with Gasteiger partial charge in [-0.05, 0) is 74.4 Å². The minimum atomic E-state index is -0.117. The fourth-order valence-electron chi connectivity index (χ4n) is 4.30. The highest BCUT2D eigenvalue weighted by Gasteiger charge is 2.22. The zero-order chi connectivity index (χ0) is 21.6. The van der Waals surface area contributed by atoms with Crippen molar-refractivity contribution in [2.75, 3.05) is 29.4 Å². The van der Waals surface area contributed by atoms with Crippen molar-refractivity contribution in [2.45, 2.75) is 33.1 Å². The van der Waals surface area contributed by atoms with Crippen LogP contribution in [-0.2, 0) is 6.42 Å². The van der Waals surface area contributed by atoms with E-state index in [4.69, 9.17) is 0 Å². The van der Waals surface area contributed by atoms with Crippen LogP contribution in [0.5, 0.6) is 0 Å². The maximum Gasteiger partial charge on any atom is 0.278 e. The predicted octanol–water partition coefficient (Wildman–Crippen LogP) is 4.91. The van der Waals surface area contributed by atoms with E-state index in [-0.39, 0.29) is 5.91 Å². The number of hydrogen-bond donors (Lipinski definition) is 0. The fraction of sp³-hybridized carbons (Fsp3) is 0.346. The molecule has 1 aliphatic rings. The molecule has 0 aliphatic carbocycles. The van der Waals surface area contributed by atoms with Crippen LogP contribution in [0, 0.1) is 12.8 Å². The Morgan fingerprint density at radius 3 is 2.42 bits per heavy atom. The lowest BCUT2D eigenvalue weighted by atomic mass is 9.90. The first-order valence-electron chi connectivity index (χ1n) is 11.1. The molecule has 0 spiro atoms. The van der Waals surface area contributed by atoms with Crippen LogP contribution in [0.3, 0.4) is 0 Å². The smallest absolute Gasteiger partial charge is 0.278 e. The number of nitrogens with zero attached hydrogens (tertiary/aromatic N) is 4. The minimum absolute atomic E-state index is 0.117. The molecular weight excluding hydrogens is 384 g/mol. The minimum Gasteiger partial charge on any atom is -0.355 e. The summed E-state index contributed by atoms with van der Waals surface area (Å²) in [5.74, 6) is 1.45. The Kier molecular flexibility index (Phi) is 6.60. The van der Waals surface area contributed by atoms with Gasteiger partial charge in [-0.3, -0.25) is 4.79 Å². The lowest BCUT2D eigenvalue weighted by molar-refractivity contribution is 0.0982. The molecule has 4 rings (SSSR count). The summed E-state index contributed by atoms with van der Waals surface area (Å²) in [7, 11) is 0. The second-order valence-corrected chi connectivity index (χ2v) is 8.29. The molecule has 1 saturated heterocycles. The molecule has 1 aliphatic heterocycles. The molecule has 160 valence electrons. The van der Waals surface area contributed by atoms with Crippen molar-refractivity contribution in [3.63, 3.8) is 0 Å². The summed E-state index contributed by atoms with van der Waals surface area (Å²) < 4.78 is 0. The van der Waals surface area contributed by atoms with Crippen LogP contribution in [-0.4, -0.2) is 35.7 Å². The third-order valence-electron chi connectivity index (χ3n) is 6.05. The topological polar surface area (TPSA) is 49.3 Å². The monoisotopic (exact) mass is 414 g/mol. The Hall–Kier alpha value is -3.21. The molecule has 1 aromatic heterocycles. The van der Waals surface area contributed by atoms with E-state index in [1.807, 2.05) is 44.2 Å². The average molecular weight is 415 g/mol. The van der Waals surface area contributed by atoms with Crippen LogP contribution in [0.25, 0.3) is 0 Å². The summed E-state index contributed by atoms with van der Waals surface area (Å²) in [5, 5.41) is 8.66. The summed E-state index contributed by atoms with van der Waals surface area (Å²) in [6.07, 6.45) is 3.43. The van der Waals surface area contributed by atoms with Crippen molar-refractivity contribution >= 4 is 17.4 Å². The first-order chi connectivity index (χ1) is 15.1. The zero-order valence-corrected chi connectivity index (χ0v) is 18.4. The van der Waals surface area contributed by atoms with Crippen LogP contribution in [0.1, 0.15) is 41.4 Å². The standard InChI is InChI=1S/C26H30N4O/c1-3-30(23-11-7-8-20(2)18-23)26(31)24-12-13-25(28-27-24)29-16-14-22(15-17-29)19-21-9-5-4-6-10-21/h4-13,18,22H,3,14-17,19H2,1-2H3. The highest BCUT2D eigenvalue weighted by molar-refractivity contribution is 6.04. The van der Waals surface area contributed by atoms with Crippen molar-refractivity contribution in [2.24, 2.45) is 5.92 Å². The Bertz CT molecular complexity index is 995. The van der Waals surface area contributed by atoms with E-state index in [1.165, 1.54) is 5.56 Å². The number of benzene rings is 2. The average Bonchev–Trinajstić information content (AvgIpc) is 2.81. The molecule has 31 heavy (non-hydrogen) atoms. The van der Waals surface area contributed by atoms with Crippen molar-refractivity contribution in [3.8, 4) is 0 Å². The number of carbonyl (C=O) groups is 1. The van der Waals surface area contributed by atoms with Gasteiger partial charge in [-0.25, -0.2) is 0 Å². The number of amides is 1. The van der Waals surface area contributed by atoms with Crippen molar-refractivity contribution in [1.82, 2.24) is 10.2 Å². The molecule has 0 N–H and O–H groups in total. The van der Waals surface area contributed by atoms with Gasteiger partial charge in [0, 0.05) is 25.3 Å². The van der Waals surface area contributed by atoms with E-state index in [2.05, 4.69) is 45.4 Å². The van der Waals surface area contributed by atoms with E-state index in [1.54, 1.807) is 11.0 Å². The largest absolute Gasteiger partial charge is 0.355 e. The SMILES string of the molecule is CCN(C(=O)c1ccc(N2CCC(Cc3ccccc3)CC2)nn1)c1cccc(C)c1. The van der Waals surface area contributed by atoms with Crippen LogP contribution in [0.15, 0.2) is 66.7 Å². The van der Waals surface area contributed by atoms with Crippen molar-refractivity contribution < 1.29 is 4.79 Å².